The molecule has 2 amide bonds. The van der Waals surface area contributed by atoms with Crippen molar-refractivity contribution in [2.24, 2.45) is 0 Å². The number of hydrogen-bond acceptors (Lipinski definition) is 6. The number of piperazine rings is 1. The van der Waals surface area contributed by atoms with Crippen LogP contribution in [0.4, 0.5) is 5.69 Å². The van der Waals surface area contributed by atoms with Gasteiger partial charge < -0.3 is 19.7 Å². The lowest BCUT2D eigenvalue weighted by molar-refractivity contribution is -0.128. The second-order valence-electron chi connectivity index (χ2n) is 8.64. The van der Waals surface area contributed by atoms with Crippen LogP contribution in [0.5, 0.6) is 0 Å². The molecule has 1 aliphatic heterocycles. The number of rotatable bonds is 8. The van der Waals surface area contributed by atoms with Crippen molar-refractivity contribution in [2.45, 2.75) is 38.5 Å². The van der Waals surface area contributed by atoms with Crippen LogP contribution in [0.2, 0.25) is 0 Å². The monoisotopic (exact) mass is 492 g/mol. The number of nitrogens with zero attached hydrogens (tertiary/aromatic N) is 5. The third kappa shape index (κ3) is 6.03. The first kappa shape index (κ1) is 24.8. The van der Waals surface area contributed by atoms with Crippen LogP contribution in [0, 0.1) is 6.92 Å². The molecule has 8 nitrogen and oxygen atoms in total. The van der Waals surface area contributed by atoms with Crippen LogP contribution < -0.4 is 10.2 Å². The SMILES string of the molecule is CCn1c(SCC(=O)N2CCN(c3ccccc3)CC2)nnc1C(C)NC(=O)c1cccc(C)c1. The minimum absolute atomic E-state index is 0.107. The highest BCUT2D eigenvalue weighted by Gasteiger charge is 2.24. The Hall–Kier alpha value is -3.33. The highest BCUT2D eigenvalue weighted by atomic mass is 32.2. The number of carbonyl (C=O) groups excluding carboxylic acids is 2. The second-order valence-corrected chi connectivity index (χ2v) is 9.58. The summed E-state index contributed by atoms with van der Waals surface area (Å²) < 4.78 is 1.96. The van der Waals surface area contributed by atoms with Crippen LogP contribution in [0.3, 0.4) is 0 Å². The summed E-state index contributed by atoms with van der Waals surface area (Å²) in [5.74, 6) is 0.953. The molecule has 1 aliphatic rings. The summed E-state index contributed by atoms with van der Waals surface area (Å²) in [5.41, 5.74) is 2.85. The van der Waals surface area contributed by atoms with E-state index in [1.807, 2.05) is 66.6 Å². The van der Waals surface area contributed by atoms with E-state index in [0.29, 0.717) is 41.9 Å². The average molecular weight is 493 g/mol. The van der Waals surface area contributed by atoms with Crippen molar-refractivity contribution in [3.63, 3.8) is 0 Å². The van der Waals surface area contributed by atoms with Gasteiger partial charge in [-0.2, -0.15) is 0 Å². The maximum Gasteiger partial charge on any atom is 0.251 e. The van der Waals surface area contributed by atoms with Crippen molar-refractivity contribution in [3.05, 3.63) is 71.5 Å². The molecule has 184 valence electrons. The topological polar surface area (TPSA) is 83.4 Å². The fourth-order valence-corrected chi connectivity index (χ4v) is 5.14. The molecule has 9 heteroatoms. The molecular weight excluding hydrogens is 460 g/mol. The predicted molar refractivity (Wildman–Crippen MR) is 139 cm³/mol. The van der Waals surface area contributed by atoms with E-state index in [0.717, 1.165) is 18.7 Å². The van der Waals surface area contributed by atoms with E-state index in [1.165, 1.54) is 17.4 Å². The lowest BCUT2D eigenvalue weighted by atomic mass is 10.1. The van der Waals surface area contributed by atoms with Gasteiger partial charge in [0, 0.05) is 44.0 Å². The number of aryl methyl sites for hydroxylation is 1. The third-order valence-corrected chi connectivity index (χ3v) is 7.11. The van der Waals surface area contributed by atoms with Gasteiger partial charge in [0.1, 0.15) is 0 Å². The van der Waals surface area contributed by atoms with Crippen LogP contribution in [-0.4, -0.2) is 63.4 Å². The fourth-order valence-electron chi connectivity index (χ4n) is 4.23. The molecule has 4 rings (SSSR count). The van der Waals surface area contributed by atoms with E-state index in [4.69, 9.17) is 0 Å². The highest BCUT2D eigenvalue weighted by molar-refractivity contribution is 7.99. The first-order valence-corrected chi connectivity index (χ1v) is 13.0. The number of nitrogens with one attached hydrogen (secondary N) is 1. The molecular formula is C26H32N6O2S. The summed E-state index contributed by atoms with van der Waals surface area (Å²) in [6.45, 7) is 9.60. The number of aromatic nitrogens is 3. The molecule has 0 bridgehead atoms. The quantitative estimate of drug-likeness (QED) is 0.485. The molecule has 0 spiro atoms. The van der Waals surface area contributed by atoms with Crippen molar-refractivity contribution in [1.29, 1.82) is 0 Å². The van der Waals surface area contributed by atoms with E-state index < -0.39 is 0 Å². The summed E-state index contributed by atoms with van der Waals surface area (Å²) in [4.78, 5) is 29.8. The molecule has 1 aromatic heterocycles. The molecule has 2 heterocycles. The van der Waals surface area contributed by atoms with E-state index in [1.54, 1.807) is 6.07 Å². The largest absolute Gasteiger partial charge is 0.368 e. The number of para-hydroxylation sites is 1. The number of carbonyl (C=O) groups is 2. The Balaban J connectivity index is 1.32. The van der Waals surface area contributed by atoms with E-state index >= 15 is 0 Å². The second kappa shape index (κ2) is 11.4. The first-order chi connectivity index (χ1) is 17.0. The zero-order chi connectivity index (χ0) is 24.8. The molecule has 0 radical (unpaired) electrons. The lowest BCUT2D eigenvalue weighted by Crippen LogP contribution is -2.49. The van der Waals surface area contributed by atoms with E-state index in [9.17, 15) is 9.59 Å². The van der Waals surface area contributed by atoms with Gasteiger partial charge in [0.05, 0.1) is 11.8 Å². The van der Waals surface area contributed by atoms with Crippen molar-refractivity contribution in [3.8, 4) is 0 Å². The molecule has 3 aromatic rings. The van der Waals surface area contributed by atoms with Gasteiger partial charge in [0.15, 0.2) is 11.0 Å². The zero-order valence-corrected chi connectivity index (χ0v) is 21.3. The lowest BCUT2D eigenvalue weighted by Gasteiger charge is -2.36. The summed E-state index contributed by atoms with van der Waals surface area (Å²) in [6, 6.07) is 17.5. The van der Waals surface area contributed by atoms with Gasteiger partial charge in [0.2, 0.25) is 5.91 Å². The van der Waals surface area contributed by atoms with Gasteiger partial charge in [-0.1, -0.05) is 47.7 Å². The molecule has 0 saturated carbocycles. The highest BCUT2D eigenvalue weighted by Crippen LogP contribution is 2.22. The maximum absolute atomic E-state index is 12.9. The van der Waals surface area contributed by atoms with Crippen LogP contribution in [0.15, 0.2) is 59.8 Å². The Morgan fingerprint density at radius 1 is 1.03 bits per heavy atom. The Kier molecular flexibility index (Phi) is 8.07. The number of hydrogen-bond donors (Lipinski definition) is 1. The molecule has 1 saturated heterocycles. The first-order valence-electron chi connectivity index (χ1n) is 12.0. The molecule has 0 aliphatic carbocycles. The summed E-state index contributed by atoms with van der Waals surface area (Å²) in [6.07, 6.45) is 0. The van der Waals surface area contributed by atoms with Gasteiger partial charge >= 0.3 is 0 Å². The fraction of sp³-hybridized carbons (Fsp3) is 0.385. The molecule has 1 N–H and O–H groups in total. The van der Waals surface area contributed by atoms with Crippen molar-refractivity contribution in [1.82, 2.24) is 25.0 Å². The number of amides is 2. The normalized spacial score (nSPS) is 14.6. The minimum Gasteiger partial charge on any atom is -0.368 e. The van der Waals surface area contributed by atoms with Crippen molar-refractivity contribution in [2.75, 3.05) is 36.8 Å². The Bertz CT molecular complexity index is 1160. The summed E-state index contributed by atoms with van der Waals surface area (Å²) in [7, 11) is 0. The van der Waals surface area contributed by atoms with Crippen LogP contribution in [0.25, 0.3) is 0 Å². The van der Waals surface area contributed by atoms with Gasteiger partial charge in [-0.3, -0.25) is 9.59 Å². The minimum atomic E-state index is -0.313. The van der Waals surface area contributed by atoms with Crippen LogP contribution in [-0.2, 0) is 11.3 Å². The molecule has 1 unspecified atom stereocenters. The standard InChI is InChI=1S/C26H32N6O2S/c1-4-32-24(20(3)27-25(34)21-10-8-9-19(2)17-21)28-29-26(32)35-18-23(33)31-15-13-30(14-16-31)22-11-6-5-7-12-22/h5-12,17,20H,4,13-16,18H2,1-3H3,(H,27,34). The summed E-state index contributed by atoms with van der Waals surface area (Å²) in [5, 5.41) is 12.3. The molecule has 1 atom stereocenters. The molecule has 1 fully saturated rings. The van der Waals surface area contributed by atoms with Crippen molar-refractivity contribution >= 4 is 29.3 Å². The van der Waals surface area contributed by atoms with Gasteiger partial charge in [-0.25, -0.2) is 0 Å². The Morgan fingerprint density at radius 3 is 2.46 bits per heavy atom. The smallest absolute Gasteiger partial charge is 0.251 e. The number of benzene rings is 2. The Labute approximate surface area is 210 Å². The zero-order valence-electron chi connectivity index (χ0n) is 20.5. The van der Waals surface area contributed by atoms with Crippen LogP contribution >= 0.6 is 11.8 Å². The van der Waals surface area contributed by atoms with Gasteiger partial charge in [0.25, 0.3) is 5.91 Å². The maximum atomic E-state index is 12.9. The van der Waals surface area contributed by atoms with Crippen molar-refractivity contribution < 1.29 is 9.59 Å². The molecule has 2 aromatic carbocycles. The number of anilines is 1. The Morgan fingerprint density at radius 2 is 1.77 bits per heavy atom. The number of thioether (sulfide) groups is 1. The van der Waals surface area contributed by atoms with E-state index in [-0.39, 0.29) is 17.9 Å². The van der Waals surface area contributed by atoms with E-state index in [2.05, 4.69) is 32.5 Å². The van der Waals surface area contributed by atoms with Crippen LogP contribution in [0.1, 0.15) is 41.6 Å². The molecule has 35 heavy (non-hydrogen) atoms. The average Bonchev–Trinajstić information content (AvgIpc) is 3.31. The summed E-state index contributed by atoms with van der Waals surface area (Å²) >= 11 is 1.40. The third-order valence-electron chi connectivity index (χ3n) is 6.16. The van der Waals surface area contributed by atoms with Gasteiger partial charge in [-0.05, 0) is 45.0 Å². The predicted octanol–water partition coefficient (Wildman–Crippen LogP) is 3.54. The van der Waals surface area contributed by atoms with Gasteiger partial charge in [-0.15, -0.1) is 10.2 Å².